The van der Waals surface area contributed by atoms with E-state index in [0.717, 1.165) is 27.6 Å². The minimum absolute atomic E-state index is 0.132. The largest absolute Gasteiger partial charge is 0.508 e. The van der Waals surface area contributed by atoms with Gasteiger partial charge >= 0.3 is 5.97 Å². The number of carbonyl (C=O) groups is 1. The Morgan fingerprint density at radius 2 is 1.96 bits per heavy atom. The fraction of sp³-hybridized carbons (Fsp3) is 0.263. The van der Waals surface area contributed by atoms with Crippen LogP contribution in [0.15, 0.2) is 36.4 Å². The van der Waals surface area contributed by atoms with Crippen LogP contribution in [0, 0.1) is 6.92 Å². The number of phenols is 1. The molecule has 0 saturated carbocycles. The number of benzene rings is 2. The normalized spacial score (nSPS) is 11.2. The first-order chi connectivity index (χ1) is 11.4. The third-order valence-corrected chi connectivity index (χ3v) is 3.92. The molecular weight excluding hydrogens is 304 g/mol. The second-order valence-electron chi connectivity index (χ2n) is 6.17. The van der Waals surface area contributed by atoms with Crippen LogP contribution in [0.3, 0.4) is 0 Å². The summed E-state index contributed by atoms with van der Waals surface area (Å²) in [4.78, 5) is 11.3. The zero-order chi connectivity index (χ0) is 17.4. The van der Waals surface area contributed by atoms with Crippen LogP contribution in [-0.2, 0) is 4.79 Å². The van der Waals surface area contributed by atoms with Crippen molar-refractivity contribution in [3.05, 3.63) is 42.0 Å². The van der Waals surface area contributed by atoms with Crippen molar-refractivity contribution in [1.29, 1.82) is 0 Å². The molecule has 5 heteroatoms. The highest BCUT2D eigenvalue weighted by molar-refractivity contribution is 5.90. The zero-order valence-electron chi connectivity index (χ0n) is 14.2. The lowest BCUT2D eigenvalue weighted by Gasteiger charge is -2.10. The van der Waals surface area contributed by atoms with Gasteiger partial charge in [0.15, 0.2) is 0 Å². The smallest absolute Gasteiger partial charge is 0.309 e. The summed E-state index contributed by atoms with van der Waals surface area (Å²) in [6, 6.07) is 11.4. The number of nitrogens with zero attached hydrogens (tertiary/aromatic N) is 2. The van der Waals surface area contributed by atoms with Crippen molar-refractivity contribution in [3.63, 3.8) is 0 Å². The molecule has 0 spiro atoms. The van der Waals surface area contributed by atoms with Gasteiger partial charge in [0, 0.05) is 13.0 Å². The summed E-state index contributed by atoms with van der Waals surface area (Å²) >= 11 is 0. The summed E-state index contributed by atoms with van der Waals surface area (Å²) in [7, 11) is 0. The second kappa shape index (κ2) is 6.00. The van der Waals surface area contributed by atoms with E-state index in [9.17, 15) is 9.90 Å². The van der Waals surface area contributed by atoms with E-state index in [4.69, 9.17) is 4.74 Å². The average molecular weight is 324 g/mol. The van der Waals surface area contributed by atoms with Gasteiger partial charge < -0.3 is 9.84 Å². The Morgan fingerprint density at radius 3 is 2.58 bits per heavy atom. The number of phenolic OH excluding ortho intramolecular Hbond substituents is 1. The first kappa shape index (κ1) is 16.1. The molecule has 2 aromatic carbocycles. The molecule has 0 unspecified atom stereocenters. The van der Waals surface area contributed by atoms with Crippen molar-refractivity contribution >= 4 is 16.9 Å². The summed E-state index contributed by atoms with van der Waals surface area (Å²) in [5.41, 5.74) is 3.97. The molecule has 3 aromatic rings. The monoisotopic (exact) mass is 324 g/mol. The molecule has 1 aromatic heterocycles. The summed E-state index contributed by atoms with van der Waals surface area (Å²) in [5.74, 6) is 0.200. The maximum absolute atomic E-state index is 11.3. The van der Waals surface area contributed by atoms with Crippen molar-refractivity contribution < 1.29 is 14.6 Å². The van der Waals surface area contributed by atoms with Crippen molar-refractivity contribution in [2.24, 2.45) is 0 Å². The predicted octanol–water partition coefficient (Wildman–Crippen LogP) is 4.22. The van der Waals surface area contributed by atoms with E-state index in [1.807, 2.05) is 49.7 Å². The molecule has 0 fully saturated rings. The molecule has 3 rings (SSSR count). The number of carbonyl (C=O) groups excluding carboxylic acids is 1. The number of fused-ring (bicyclic) bond motifs is 1. The van der Waals surface area contributed by atoms with Crippen molar-refractivity contribution in [2.45, 2.75) is 33.7 Å². The topological polar surface area (TPSA) is 64.3 Å². The van der Waals surface area contributed by atoms with Crippen LogP contribution in [-0.4, -0.2) is 20.9 Å². The lowest BCUT2D eigenvalue weighted by Crippen LogP contribution is -2.05. The highest BCUT2D eigenvalue weighted by Crippen LogP contribution is 2.33. The van der Waals surface area contributed by atoms with E-state index in [2.05, 4.69) is 5.10 Å². The Balaban J connectivity index is 2.19. The molecule has 1 heterocycles. The van der Waals surface area contributed by atoms with E-state index in [1.165, 1.54) is 6.92 Å². The van der Waals surface area contributed by atoms with Gasteiger partial charge in [0.2, 0.25) is 5.88 Å². The average Bonchev–Trinajstić information content (AvgIpc) is 2.85. The van der Waals surface area contributed by atoms with Gasteiger partial charge in [0.05, 0.1) is 10.9 Å². The van der Waals surface area contributed by atoms with Crippen LogP contribution in [0.1, 0.15) is 32.4 Å². The lowest BCUT2D eigenvalue weighted by molar-refractivity contribution is -0.132. The molecule has 0 aliphatic heterocycles. The Kier molecular flexibility index (Phi) is 4.01. The lowest BCUT2D eigenvalue weighted by atomic mass is 9.99. The van der Waals surface area contributed by atoms with Gasteiger partial charge in [-0.25, -0.2) is 0 Å². The van der Waals surface area contributed by atoms with Crippen molar-refractivity contribution in [3.8, 4) is 22.8 Å². The summed E-state index contributed by atoms with van der Waals surface area (Å²) < 4.78 is 7.09. The molecule has 0 saturated heterocycles. The van der Waals surface area contributed by atoms with Gasteiger partial charge in [-0.2, -0.15) is 0 Å². The molecule has 0 aliphatic rings. The maximum atomic E-state index is 11.3. The zero-order valence-corrected chi connectivity index (χ0v) is 14.2. The molecule has 0 bridgehead atoms. The molecule has 0 amide bonds. The minimum atomic E-state index is -0.385. The Morgan fingerprint density at radius 1 is 1.21 bits per heavy atom. The van der Waals surface area contributed by atoms with Crippen LogP contribution in [0.25, 0.3) is 22.0 Å². The fourth-order valence-corrected chi connectivity index (χ4v) is 2.85. The molecule has 0 aliphatic carbocycles. The number of aryl methyl sites for hydroxylation is 1. The maximum Gasteiger partial charge on any atom is 0.309 e. The van der Waals surface area contributed by atoms with Crippen LogP contribution < -0.4 is 4.74 Å². The number of hydrogen-bond acceptors (Lipinski definition) is 4. The number of ether oxygens (including phenoxy) is 1. The fourth-order valence-electron chi connectivity index (χ4n) is 2.85. The van der Waals surface area contributed by atoms with Crippen molar-refractivity contribution in [1.82, 2.24) is 9.78 Å². The quantitative estimate of drug-likeness (QED) is 0.733. The van der Waals surface area contributed by atoms with E-state index in [0.29, 0.717) is 5.88 Å². The van der Waals surface area contributed by atoms with Crippen LogP contribution in [0.2, 0.25) is 0 Å². The predicted molar refractivity (Wildman–Crippen MR) is 93.3 cm³/mol. The Hall–Kier alpha value is -2.82. The van der Waals surface area contributed by atoms with E-state index >= 15 is 0 Å². The van der Waals surface area contributed by atoms with E-state index in [1.54, 1.807) is 12.1 Å². The molecular formula is C19H20N2O3. The summed E-state index contributed by atoms with van der Waals surface area (Å²) in [5, 5.41) is 14.8. The molecule has 0 atom stereocenters. The summed E-state index contributed by atoms with van der Waals surface area (Å²) in [6.07, 6.45) is 0. The summed E-state index contributed by atoms with van der Waals surface area (Å²) in [6.45, 7) is 7.39. The SMILES string of the molecule is CC(=O)Oc1nn(C(C)C)c2cc(-c3ccc(O)cc3C)ccc12. The van der Waals surface area contributed by atoms with Gasteiger partial charge in [0.1, 0.15) is 5.75 Å². The van der Waals surface area contributed by atoms with Crippen LogP contribution >= 0.6 is 0 Å². The first-order valence-electron chi connectivity index (χ1n) is 7.87. The first-order valence-corrected chi connectivity index (χ1v) is 7.87. The number of rotatable bonds is 3. The second-order valence-corrected chi connectivity index (χ2v) is 6.17. The Bertz CT molecular complexity index is 926. The third kappa shape index (κ3) is 2.85. The number of aromatic hydroxyl groups is 1. The highest BCUT2D eigenvalue weighted by atomic mass is 16.5. The Labute approximate surface area is 140 Å². The minimum Gasteiger partial charge on any atom is -0.508 e. The van der Waals surface area contributed by atoms with Gasteiger partial charge in [-0.05, 0) is 61.7 Å². The van der Waals surface area contributed by atoms with Crippen LogP contribution in [0.5, 0.6) is 11.6 Å². The van der Waals surface area contributed by atoms with Gasteiger partial charge in [-0.15, -0.1) is 5.10 Å². The highest BCUT2D eigenvalue weighted by Gasteiger charge is 2.16. The standard InChI is InChI=1S/C19H20N2O3/c1-11(2)21-18-10-14(16-8-6-15(23)9-12(16)3)5-7-17(18)19(20-21)24-13(4)22/h5-11,23H,1-4H3. The number of hydrogen-bond donors (Lipinski definition) is 1. The van der Waals surface area contributed by atoms with Crippen LogP contribution in [0.4, 0.5) is 0 Å². The molecule has 5 nitrogen and oxygen atoms in total. The third-order valence-electron chi connectivity index (χ3n) is 3.92. The molecule has 124 valence electrons. The van der Waals surface area contributed by atoms with E-state index in [-0.39, 0.29) is 17.8 Å². The number of aromatic nitrogens is 2. The molecule has 0 radical (unpaired) electrons. The van der Waals surface area contributed by atoms with E-state index < -0.39 is 0 Å². The number of esters is 1. The van der Waals surface area contributed by atoms with Crippen molar-refractivity contribution in [2.75, 3.05) is 0 Å². The van der Waals surface area contributed by atoms with Gasteiger partial charge in [-0.3, -0.25) is 9.48 Å². The van der Waals surface area contributed by atoms with Gasteiger partial charge in [0.25, 0.3) is 0 Å². The molecule has 24 heavy (non-hydrogen) atoms. The molecule has 1 N–H and O–H groups in total. The van der Waals surface area contributed by atoms with Gasteiger partial charge in [-0.1, -0.05) is 12.1 Å².